The minimum absolute atomic E-state index is 0. The summed E-state index contributed by atoms with van der Waals surface area (Å²) in [5, 5.41) is 6.75. The molecule has 1 heterocycles. The maximum absolute atomic E-state index is 12.4. The maximum Gasteiger partial charge on any atom is 0.422 e. The molecule has 10 heteroatoms. The highest BCUT2D eigenvalue weighted by Crippen LogP contribution is 2.30. The number of guanidine groups is 1. The van der Waals surface area contributed by atoms with Crippen molar-refractivity contribution in [3.8, 4) is 11.5 Å². The normalized spacial score (nSPS) is 20.4. The Balaban J connectivity index is 0.00000341. The van der Waals surface area contributed by atoms with Crippen molar-refractivity contribution in [2.75, 3.05) is 33.9 Å². The molecule has 1 aromatic rings. The van der Waals surface area contributed by atoms with E-state index in [0.717, 1.165) is 31.1 Å². The highest BCUT2D eigenvalue weighted by molar-refractivity contribution is 14.0. The molecule has 0 radical (unpaired) electrons. The van der Waals surface area contributed by atoms with Gasteiger partial charge in [0.1, 0.15) is 0 Å². The molecule has 6 nitrogen and oxygen atoms in total. The van der Waals surface area contributed by atoms with Crippen LogP contribution >= 0.6 is 24.0 Å². The van der Waals surface area contributed by atoms with Crippen LogP contribution in [0.5, 0.6) is 11.5 Å². The van der Waals surface area contributed by atoms with E-state index in [9.17, 15) is 13.2 Å². The third-order valence-corrected chi connectivity index (χ3v) is 5.70. The Morgan fingerprint density at radius 2 is 1.94 bits per heavy atom. The van der Waals surface area contributed by atoms with E-state index in [1.54, 1.807) is 19.2 Å². The molecule has 1 aliphatic carbocycles. The van der Waals surface area contributed by atoms with Crippen molar-refractivity contribution in [2.24, 2.45) is 4.99 Å². The Morgan fingerprint density at radius 1 is 1.19 bits per heavy atom. The number of ether oxygens (including phenoxy) is 2. The first-order valence-corrected chi connectivity index (χ1v) is 10.5. The van der Waals surface area contributed by atoms with Gasteiger partial charge in [0.25, 0.3) is 0 Å². The molecule has 2 N–H and O–H groups in total. The Bertz CT molecular complexity index is 727. The molecule has 2 aliphatic rings. The molecule has 0 amide bonds. The van der Waals surface area contributed by atoms with E-state index in [0.29, 0.717) is 18.5 Å². The third kappa shape index (κ3) is 7.89. The minimum atomic E-state index is -4.39. The molecule has 31 heavy (non-hydrogen) atoms. The summed E-state index contributed by atoms with van der Waals surface area (Å²) in [6, 6.07) is 5.98. The standard InChI is InChI=1S/C21H31F3N4O2.HI/c1-25-20(27-16-9-10-28(13-16)17-5-3-4-6-17)26-12-15-7-8-18(19(11-15)29-2)30-14-21(22,23)24;/h7-8,11,16-17H,3-6,9-10,12-14H2,1-2H3,(H2,25,26,27);1H. The minimum Gasteiger partial charge on any atom is -0.493 e. The molecule has 1 aliphatic heterocycles. The predicted octanol–water partition coefficient (Wildman–Crippen LogP) is 3.94. The second-order valence-electron chi connectivity index (χ2n) is 7.88. The highest BCUT2D eigenvalue weighted by Gasteiger charge is 2.30. The summed E-state index contributed by atoms with van der Waals surface area (Å²) < 4.78 is 47.2. The lowest BCUT2D eigenvalue weighted by molar-refractivity contribution is -0.153. The zero-order valence-electron chi connectivity index (χ0n) is 18.0. The SMILES string of the molecule is CN=C(NCc1ccc(OCC(F)(F)F)c(OC)c1)NC1CCN(C2CCCC2)C1.I. The number of benzene rings is 1. The number of hydrogen-bond acceptors (Lipinski definition) is 4. The molecule has 176 valence electrons. The molecule has 1 saturated carbocycles. The maximum atomic E-state index is 12.4. The van der Waals surface area contributed by atoms with E-state index in [1.807, 2.05) is 0 Å². The van der Waals surface area contributed by atoms with Crippen molar-refractivity contribution >= 4 is 29.9 Å². The van der Waals surface area contributed by atoms with Gasteiger partial charge in [-0.2, -0.15) is 13.2 Å². The highest BCUT2D eigenvalue weighted by atomic mass is 127. The topological polar surface area (TPSA) is 58.1 Å². The van der Waals surface area contributed by atoms with Crippen molar-refractivity contribution in [2.45, 2.75) is 56.9 Å². The fraction of sp³-hybridized carbons (Fsp3) is 0.667. The monoisotopic (exact) mass is 556 g/mol. The van der Waals surface area contributed by atoms with Crippen molar-refractivity contribution in [1.82, 2.24) is 15.5 Å². The lowest BCUT2D eigenvalue weighted by Gasteiger charge is -2.24. The summed E-state index contributed by atoms with van der Waals surface area (Å²) in [7, 11) is 3.14. The Kier molecular flexibility index (Phi) is 9.98. The van der Waals surface area contributed by atoms with Crippen LogP contribution in [0.15, 0.2) is 23.2 Å². The molecule has 0 bridgehead atoms. The largest absolute Gasteiger partial charge is 0.493 e. The molecule has 1 unspecified atom stereocenters. The first-order chi connectivity index (χ1) is 14.4. The first kappa shape index (κ1) is 25.8. The van der Waals surface area contributed by atoms with Gasteiger partial charge in [0.05, 0.1) is 7.11 Å². The molecule has 2 fully saturated rings. The zero-order valence-corrected chi connectivity index (χ0v) is 20.3. The number of aliphatic imine (C=N–C) groups is 1. The second-order valence-corrected chi connectivity index (χ2v) is 7.88. The van der Waals surface area contributed by atoms with Crippen molar-refractivity contribution in [3.63, 3.8) is 0 Å². The van der Waals surface area contributed by atoms with Gasteiger partial charge in [-0.05, 0) is 37.0 Å². The van der Waals surface area contributed by atoms with Gasteiger partial charge in [0.2, 0.25) is 0 Å². The number of likely N-dealkylation sites (tertiary alicyclic amines) is 1. The van der Waals surface area contributed by atoms with E-state index in [1.165, 1.54) is 38.9 Å². The van der Waals surface area contributed by atoms with Gasteiger partial charge in [-0.15, -0.1) is 24.0 Å². The van der Waals surface area contributed by atoms with Crippen LogP contribution in [0.1, 0.15) is 37.7 Å². The van der Waals surface area contributed by atoms with Crippen molar-refractivity contribution < 1.29 is 22.6 Å². The fourth-order valence-electron chi connectivity index (χ4n) is 4.18. The molecule has 0 aromatic heterocycles. The van der Waals surface area contributed by atoms with Crippen LogP contribution < -0.4 is 20.1 Å². The molecular formula is C21H32F3IN4O2. The van der Waals surface area contributed by atoms with E-state index >= 15 is 0 Å². The lowest BCUT2D eigenvalue weighted by Crippen LogP contribution is -2.45. The number of rotatable bonds is 7. The van der Waals surface area contributed by atoms with Gasteiger partial charge in [0, 0.05) is 38.8 Å². The number of hydrogen-bond donors (Lipinski definition) is 2. The summed E-state index contributed by atoms with van der Waals surface area (Å²) in [5.41, 5.74) is 0.855. The van der Waals surface area contributed by atoms with Crippen LogP contribution in [0.25, 0.3) is 0 Å². The number of nitrogens with one attached hydrogen (secondary N) is 2. The smallest absolute Gasteiger partial charge is 0.422 e. The van der Waals surface area contributed by atoms with Gasteiger partial charge >= 0.3 is 6.18 Å². The molecule has 3 rings (SSSR count). The molecule has 1 saturated heterocycles. The number of methoxy groups -OCH3 is 1. The zero-order chi connectivity index (χ0) is 21.6. The Hall–Kier alpha value is -1.43. The molecule has 1 aromatic carbocycles. The summed E-state index contributed by atoms with van der Waals surface area (Å²) in [4.78, 5) is 6.89. The quantitative estimate of drug-likeness (QED) is 0.303. The van der Waals surface area contributed by atoms with Gasteiger partial charge in [-0.25, -0.2) is 0 Å². The van der Waals surface area contributed by atoms with Crippen LogP contribution in [-0.2, 0) is 6.54 Å². The number of halogens is 4. The average Bonchev–Trinajstić information content (AvgIpc) is 3.40. The molecule has 1 atom stereocenters. The first-order valence-electron chi connectivity index (χ1n) is 10.5. The predicted molar refractivity (Wildman–Crippen MR) is 126 cm³/mol. The summed E-state index contributed by atoms with van der Waals surface area (Å²) in [6.07, 6.45) is 2.00. The van der Waals surface area contributed by atoms with Crippen molar-refractivity contribution in [1.29, 1.82) is 0 Å². The van der Waals surface area contributed by atoms with Gasteiger partial charge in [0.15, 0.2) is 24.1 Å². The van der Waals surface area contributed by atoms with Crippen LogP contribution in [0, 0.1) is 0 Å². The fourth-order valence-corrected chi connectivity index (χ4v) is 4.18. The van der Waals surface area contributed by atoms with Crippen LogP contribution in [0.3, 0.4) is 0 Å². The van der Waals surface area contributed by atoms with Gasteiger partial charge in [-0.1, -0.05) is 18.9 Å². The Labute approximate surface area is 199 Å². The summed E-state index contributed by atoms with van der Waals surface area (Å²) in [5.74, 6) is 1.05. The van der Waals surface area contributed by atoms with E-state index in [-0.39, 0.29) is 35.5 Å². The van der Waals surface area contributed by atoms with Crippen LogP contribution in [0.2, 0.25) is 0 Å². The van der Waals surface area contributed by atoms with Gasteiger partial charge in [-0.3, -0.25) is 9.89 Å². The van der Waals surface area contributed by atoms with E-state index in [4.69, 9.17) is 9.47 Å². The number of alkyl halides is 3. The third-order valence-electron chi connectivity index (χ3n) is 5.70. The van der Waals surface area contributed by atoms with E-state index in [2.05, 4.69) is 20.5 Å². The van der Waals surface area contributed by atoms with Crippen molar-refractivity contribution in [3.05, 3.63) is 23.8 Å². The second kappa shape index (κ2) is 12.0. The number of nitrogens with zero attached hydrogens (tertiary/aromatic N) is 2. The summed E-state index contributed by atoms with van der Waals surface area (Å²) in [6.45, 7) is 1.27. The summed E-state index contributed by atoms with van der Waals surface area (Å²) >= 11 is 0. The van der Waals surface area contributed by atoms with Crippen LogP contribution in [0.4, 0.5) is 13.2 Å². The average molecular weight is 556 g/mol. The van der Waals surface area contributed by atoms with Gasteiger partial charge < -0.3 is 20.1 Å². The molecule has 0 spiro atoms. The Morgan fingerprint density at radius 3 is 2.58 bits per heavy atom. The van der Waals surface area contributed by atoms with E-state index < -0.39 is 12.8 Å². The van der Waals surface area contributed by atoms with Crippen LogP contribution in [-0.4, -0.2) is 63.0 Å². The molecular weight excluding hydrogens is 524 g/mol. The lowest BCUT2D eigenvalue weighted by atomic mass is 10.2.